The molecule has 0 heterocycles. The van der Waals surface area contributed by atoms with Gasteiger partial charge in [0.25, 0.3) is 0 Å². The second-order valence-electron chi connectivity index (χ2n) is 7.60. The molecular weight excluding hydrogens is 463 g/mol. The number of alkyl halides is 1. The van der Waals surface area contributed by atoms with Gasteiger partial charge in [-0.25, -0.2) is 0 Å². The van der Waals surface area contributed by atoms with Crippen molar-refractivity contribution in [3.63, 3.8) is 0 Å². The summed E-state index contributed by atoms with van der Waals surface area (Å²) in [5, 5.41) is 8.82. The zero-order chi connectivity index (χ0) is 18.6. The van der Waals surface area contributed by atoms with Crippen molar-refractivity contribution in [1.29, 1.82) is 0 Å². The smallest absolute Gasteiger partial charge is 1.00 e. The fourth-order valence-electron chi connectivity index (χ4n) is 3.35. The SMILES string of the molecule is CCCCCCCCCCCCCCCCCCCCC(I)C(=O)O.[Ca+2].[H-].[H-]. The standard InChI is InChI=1S/C22H43IO2.Ca.2H/c1-2-3-4-5-6-7-8-9-10-11-12-13-14-15-16-17-18-19-20-21(23)22(24)25;;;/h21H,2-20H2,1H3,(H,24,25);;;/q;+2;2*-1. The van der Waals surface area contributed by atoms with Crippen LogP contribution in [0.4, 0.5) is 0 Å². The van der Waals surface area contributed by atoms with Crippen LogP contribution in [0.25, 0.3) is 0 Å². The first-order chi connectivity index (χ1) is 12.2. The molecule has 0 amide bonds. The van der Waals surface area contributed by atoms with Crippen LogP contribution in [0.1, 0.15) is 132 Å². The first kappa shape index (κ1) is 29.7. The number of carboxylic acids is 1. The second kappa shape index (κ2) is 24.5. The van der Waals surface area contributed by atoms with Crippen LogP contribution in [0.3, 0.4) is 0 Å². The van der Waals surface area contributed by atoms with Crippen LogP contribution < -0.4 is 0 Å². The van der Waals surface area contributed by atoms with E-state index in [1.165, 1.54) is 109 Å². The Bertz CT molecular complexity index is 298. The summed E-state index contributed by atoms with van der Waals surface area (Å²) in [6, 6.07) is 0. The van der Waals surface area contributed by atoms with Crippen molar-refractivity contribution in [2.24, 2.45) is 0 Å². The molecule has 0 aliphatic carbocycles. The van der Waals surface area contributed by atoms with Crippen molar-refractivity contribution < 1.29 is 12.8 Å². The normalized spacial score (nSPS) is 11.9. The predicted octanol–water partition coefficient (Wildman–Crippen LogP) is 8.15. The molecule has 0 aromatic heterocycles. The molecule has 154 valence electrons. The Morgan fingerprint density at radius 1 is 0.692 bits per heavy atom. The number of hydrogen-bond donors (Lipinski definition) is 1. The molecule has 0 aromatic rings. The molecule has 26 heavy (non-hydrogen) atoms. The van der Waals surface area contributed by atoms with E-state index in [4.69, 9.17) is 5.11 Å². The number of halogens is 1. The molecule has 0 saturated carbocycles. The van der Waals surface area contributed by atoms with Gasteiger partial charge in [-0.3, -0.25) is 4.79 Å². The molecule has 0 radical (unpaired) electrons. The van der Waals surface area contributed by atoms with Gasteiger partial charge in [-0.2, -0.15) is 0 Å². The summed E-state index contributed by atoms with van der Waals surface area (Å²) >= 11 is 2.04. The van der Waals surface area contributed by atoms with Crippen LogP contribution >= 0.6 is 22.6 Å². The zero-order valence-corrected chi connectivity index (χ0v) is 21.8. The van der Waals surface area contributed by atoms with E-state index in [0.717, 1.165) is 12.8 Å². The van der Waals surface area contributed by atoms with Gasteiger partial charge < -0.3 is 7.96 Å². The van der Waals surface area contributed by atoms with Crippen LogP contribution in [0.2, 0.25) is 0 Å². The summed E-state index contributed by atoms with van der Waals surface area (Å²) in [7, 11) is 0. The van der Waals surface area contributed by atoms with Crippen molar-refractivity contribution in [3.8, 4) is 0 Å². The summed E-state index contributed by atoms with van der Waals surface area (Å²) in [4.78, 5) is 10.7. The minimum Gasteiger partial charge on any atom is -1.00 e. The number of hydrogen-bond acceptors (Lipinski definition) is 1. The van der Waals surface area contributed by atoms with E-state index in [1.54, 1.807) is 0 Å². The van der Waals surface area contributed by atoms with E-state index in [9.17, 15) is 4.79 Å². The van der Waals surface area contributed by atoms with E-state index < -0.39 is 5.97 Å². The number of aliphatic carboxylic acids is 1. The molecule has 0 aromatic carbocycles. The summed E-state index contributed by atoms with van der Waals surface area (Å²) < 4.78 is -0.196. The van der Waals surface area contributed by atoms with Gasteiger partial charge >= 0.3 is 43.7 Å². The van der Waals surface area contributed by atoms with Gasteiger partial charge in [0, 0.05) is 0 Å². The van der Waals surface area contributed by atoms with E-state index in [0.29, 0.717) is 0 Å². The molecule has 0 aliphatic rings. The largest absolute Gasteiger partial charge is 2.00 e. The predicted molar refractivity (Wildman–Crippen MR) is 127 cm³/mol. The Morgan fingerprint density at radius 3 is 1.23 bits per heavy atom. The molecule has 1 unspecified atom stereocenters. The number of carbonyl (C=O) groups is 1. The van der Waals surface area contributed by atoms with Crippen molar-refractivity contribution in [2.75, 3.05) is 0 Å². The summed E-state index contributed by atoms with van der Waals surface area (Å²) in [5.74, 6) is -0.660. The first-order valence-electron chi connectivity index (χ1n) is 11.0. The molecule has 2 nitrogen and oxygen atoms in total. The Morgan fingerprint density at radius 2 is 0.962 bits per heavy atom. The summed E-state index contributed by atoms with van der Waals surface area (Å²) in [6.07, 6.45) is 25.6. The van der Waals surface area contributed by atoms with E-state index in [-0.39, 0.29) is 44.5 Å². The van der Waals surface area contributed by atoms with Crippen LogP contribution in [-0.2, 0) is 4.79 Å². The Balaban J connectivity index is -0.000000960. The Labute approximate surface area is 210 Å². The summed E-state index contributed by atoms with van der Waals surface area (Å²) in [5.41, 5.74) is 0. The minimum atomic E-state index is -0.660. The molecule has 0 saturated heterocycles. The van der Waals surface area contributed by atoms with E-state index >= 15 is 0 Å². The van der Waals surface area contributed by atoms with Crippen molar-refractivity contribution in [2.45, 2.75) is 133 Å². The average Bonchev–Trinajstić information content (AvgIpc) is 2.60. The maximum absolute atomic E-state index is 10.7. The molecule has 0 aliphatic heterocycles. The van der Waals surface area contributed by atoms with Gasteiger partial charge in [0.05, 0.1) is 0 Å². The number of rotatable bonds is 20. The van der Waals surface area contributed by atoms with Crippen LogP contribution in [0.5, 0.6) is 0 Å². The fourth-order valence-corrected chi connectivity index (χ4v) is 3.79. The molecule has 0 spiro atoms. The maximum atomic E-state index is 10.7. The third-order valence-corrected chi connectivity index (χ3v) is 6.23. The maximum Gasteiger partial charge on any atom is 2.00 e. The van der Waals surface area contributed by atoms with Crippen LogP contribution in [-0.4, -0.2) is 52.7 Å². The Kier molecular flexibility index (Phi) is 27.9. The second-order valence-corrected chi connectivity index (χ2v) is 9.11. The first-order valence-corrected chi connectivity index (χ1v) is 12.3. The fraction of sp³-hybridized carbons (Fsp3) is 0.955. The van der Waals surface area contributed by atoms with Gasteiger partial charge in [0.1, 0.15) is 3.92 Å². The van der Waals surface area contributed by atoms with E-state index in [2.05, 4.69) is 6.92 Å². The Hall–Kier alpha value is 1.46. The summed E-state index contributed by atoms with van der Waals surface area (Å²) in [6.45, 7) is 2.28. The topological polar surface area (TPSA) is 37.3 Å². The number of carboxylic acid groups (broad SMARTS) is 1. The third kappa shape index (κ3) is 23.5. The van der Waals surface area contributed by atoms with Gasteiger partial charge in [-0.1, -0.05) is 145 Å². The van der Waals surface area contributed by atoms with Gasteiger partial charge in [-0.05, 0) is 6.42 Å². The zero-order valence-electron chi connectivity index (χ0n) is 19.5. The van der Waals surface area contributed by atoms with Crippen molar-refractivity contribution >= 4 is 66.3 Å². The van der Waals surface area contributed by atoms with Crippen LogP contribution in [0, 0.1) is 0 Å². The molecule has 1 atom stereocenters. The van der Waals surface area contributed by atoms with Crippen molar-refractivity contribution in [3.05, 3.63) is 0 Å². The van der Waals surface area contributed by atoms with Crippen molar-refractivity contribution in [1.82, 2.24) is 0 Å². The van der Waals surface area contributed by atoms with Gasteiger partial charge in [0.2, 0.25) is 0 Å². The molecule has 0 fully saturated rings. The molecule has 0 rings (SSSR count). The number of unbranched alkanes of at least 4 members (excludes halogenated alkanes) is 17. The molecule has 4 heteroatoms. The quantitative estimate of drug-likeness (QED) is 0.0780. The third-order valence-electron chi connectivity index (χ3n) is 5.08. The minimum absolute atomic E-state index is 0. The average molecular weight is 509 g/mol. The van der Waals surface area contributed by atoms with Gasteiger partial charge in [-0.15, -0.1) is 0 Å². The van der Waals surface area contributed by atoms with Crippen LogP contribution in [0.15, 0.2) is 0 Å². The molecular formula is C22H45CaIO2. The molecule has 1 N–H and O–H groups in total. The van der Waals surface area contributed by atoms with Gasteiger partial charge in [0.15, 0.2) is 0 Å². The van der Waals surface area contributed by atoms with E-state index in [1.807, 2.05) is 22.6 Å². The monoisotopic (exact) mass is 508 g/mol. The molecule has 0 bridgehead atoms.